The maximum atomic E-state index is 12.4. The third-order valence-corrected chi connectivity index (χ3v) is 6.46. The van der Waals surface area contributed by atoms with Gasteiger partial charge in [-0.25, -0.2) is 9.78 Å². The second-order valence-corrected chi connectivity index (χ2v) is 9.13. The third-order valence-electron chi connectivity index (χ3n) is 5.46. The van der Waals surface area contributed by atoms with Crippen molar-refractivity contribution >= 4 is 34.1 Å². The molecule has 0 bridgehead atoms. The minimum Gasteiger partial charge on any atom is -0.406 e. The zero-order valence-electron chi connectivity index (χ0n) is 17.7. The van der Waals surface area contributed by atoms with Crippen LogP contribution in [0.1, 0.15) is 36.3 Å². The quantitative estimate of drug-likeness (QED) is 0.575. The lowest BCUT2D eigenvalue weighted by molar-refractivity contribution is -0.274. The van der Waals surface area contributed by atoms with Crippen molar-refractivity contribution in [3.05, 3.63) is 34.8 Å². The monoisotopic (exact) mass is 483 g/mol. The largest absolute Gasteiger partial charge is 0.573 e. The summed E-state index contributed by atoms with van der Waals surface area (Å²) in [4.78, 5) is 32.0. The van der Waals surface area contributed by atoms with Crippen LogP contribution in [0.4, 0.5) is 28.8 Å². The Bertz CT molecular complexity index is 990. The molecule has 0 unspecified atom stereocenters. The number of urea groups is 1. The Morgan fingerprint density at radius 2 is 1.88 bits per heavy atom. The van der Waals surface area contributed by atoms with Gasteiger partial charge in [-0.05, 0) is 37.1 Å². The average Bonchev–Trinajstić information content (AvgIpc) is 3.37. The van der Waals surface area contributed by atoms with Gasteiger partial charge in [-0.2, -0.15) is 0 Å². The van der Waals surface area contributed by atoms with Gasteiger partial charge in [0.1, 0.15) is 5.75 Å². The van der Waals surface area contributed by atoms with Crippen molar-refractivity contribution in [2.75, 3.05) is 23.7 Å². The summed E-state index contributed by atoms with van der Waals surface area (Å²) in [6.07, 6.45) is 0.183. The average molecular weight is 484 g/mol. The van der Waals surface area contributed by atoms with Gasteiger partial charge in [0.05, 0.1) is 12.2 Å². The number of aromatic nitrogens is 1. The Morgan fingerprint density at radius 1 is 1.15 bits per heavy atom. The number of halogens is 3. The molecule has 0 saturated heterocycles. The summed E-state index contributed by atoms with van der Waals surface area (Å²) in [5, 5.41) is 9.00. The van der Waals surface area contributed by atoms with E-state index in [4.69, 9.17) is 0 Å². The normalized spacial score (nSPS) is 16.8. The molecule has 1 aliphatic carbocycles. The van der Waals surface area contributed by atoms with Crippen LogP contribution in [0.15, 0.2) is 24.3 Å². The Balaban J connectivity index is 1.25. The minimum absolute atomic E-state index is 0.128. The van der Waals surface area contributed by atoms with Gasteiger partial charge in [-0.15, -0.1) is 24.5 Å². The Labute approximate surface area is 192 Å². The first-order valence-corrected chi connectivity index (χ1v) is 11.5. The number of carbonyl (C=O) groups is 2. The summed E-state index contributed by atoms with van der Waals surface area (Å²) >= 11 is 1.40. The molecule has 33 heavy (non-hydrogen) atoms. The maximum absolute atomic E-state index is 12.4. The molecule has 8 nitrogen and oxygen atoms in total. The fraction of sp³-hybridized carbons (Fsp3) is 0.476. The number of carbonyl (C=O) groups excluding carboxylic acids is 2. The van der Waals surface area contributed by atoms with Gasteiger partial charge in [-0.1, -0.05) is 12.8 Å². The number of alkyl halides is 3. The van der Waals surface area contributed by atoms with E-state index in [9.17, 15) is 22.8 Å². The molecular formula is C21H24F3N5O3S. The zero-order chi connectivity index (χ0) is 23.4. The van der Waals surface area contributed by atoms with Crippen LogP contribution >= 0.6 is 11.3 Å². The number of anilines is 2. The van der Waals surface area contributed by atoms with E-state index in [0.29, 0.717) is 30.3 Å². The summed E-state index contributed by atoms with van der Waals surface area (Å²) in [6, 6.07) is 4.98. The van der Waals surface area contributed by atoms with Crippen molar-refractivity contribution in [2.24, 2.45) is 0 Å². The number of fused-ring (bicyclic) bond motifs is 1. The molecule has 1 aromatic heterocycles. The first-order valence-electron chi connectivity index (χ1n) is 10.7. The number of benzene rings is 1. The van der Waals surface area contributed by atoms with Crippen LogP contribution in [0.25, 0.3) is 0 Å². The first-order chi connectivity index (χ1) is 15.7. The molecule has 1 aromatic carbocycles. The summed E-state index contributed by atoms with van der Waals surface area (Å²) in [6.45, 7) is 1.30. The predicted molar refractivity (Wildman–Crippen MR) is 117 cm³/mol. The Morgan fingerprint density at radius 3 is 2.58 bits per heavy atom. The third kappa shape index (κ3) is 6.81. The van der Waals surface area contributed by atoms with E-state index in [2.05, 4.69) is 25.7 Å². The molecule has 3 amide bonds. The molecule has 2 aromatic rings. The number of hydrogen-bond acceptors (Lipinski definition) is 6. The summed E-state index contributed by atoms with van der Waals surface area (Å²) < 4.78 is 40.5. The van der Waals surface area contributed by atoms with Crippen molar-refractivity contribution in [2.45, 2.75) is 51.1 Å². The lowest BCUT2D eigenvalue weighted by Crippen LogP contribution is -2.36. The van der Waals surface area contributed by atoms with Gasteiger partial charge >= 0.3 is 12.4 Å². The molecular weight excluding hydrogens is 459 g/mol. The lowest BCUT2D eigenvalue weighted by atomic mass is 10.2. The Kier molecular flexibility index (Phi) is 7.03. The summed E-state index contributed by atoms with van der Waals surface area (Å²) in [5.74, 6) is -0.627. The molecule has 1 aliphatic heterocycles. The molecule has 0 radical (unpaired) electrons. The summed E-state index contributed by atoms with van der Waals surface area (Å²) in [7, 11) is 0. The molecule has 1 saturated carbocycles. The van der Waals surface area contributed by atoms with Crippen LogP contribution in [0.5, 0.6) is 5.75 Å². The number of rotatable bonds is 6. The van der Waals surface area contributed by atoms with Gasteiger partial charge < -0.3 is 15.4 Å². The van der Waals surface area contributed by atoms with E-state index in [1.165, 1.54) is 23.5 Å². The molecule has 0 atom stereocenters. The first kappa shape index (κ1) is 23.3. The highest BCUT2D eigenvalue weighted by molar-refractivity contribution is 7.15. The van der Waals surface area contributed by atoms with Crippen molar-refractivity contribution in [3.63, 3.8) is 0 Å². The van der Waals surface area contributed by atoms with E-state index in [0.717, 1.165) is 48.4 Å². The number of amides is 3. The van der Waals surface area contributed by atoms with Crippen LogP contribution in [0.3, 0.4) is 0 Å². The van der Waals surface area contributed by atoms with Crippen LogP contribution < -0.4 is 20.7 Å². The molecule has 2 heterocycles. The minimum atomic E-state index is -4.76. The topological polar surface area (TPSA) is 95.6 Å². The fourth-order valence-corrected chi connectivity index (χ4v) is 5.01. The Hall–Kier alpha value is -2.86. The second-order valence-electron chi connectivity index (χ2n) is 8.05. The van der Waals surface area contributed by atoms with E-state index in [1.54, 1.807) is 0 Å². The van der Waals surface area contributed by atoms with Crippen molar-refractivity contribution in [3.8, 4) is 5.75 Å². The van der Waals surface area contributed by atoms with E-state index in [1.807, 2.05) is 4.90 Å². The molecule has 2 aliphatic rings. The fourth-order valence-electron chi connectivity index (χ4n) is 3.97. The second kappa shape index (κ2) is 9.96. The lowest BCUT2D eigenvalue weighted by Gasteiger charge is -2.25. The highest BCUT2D eigenvalue weighted by Gasteiger charge is 2.31. The number of hydrogen-bond donors (Lipinski definition) is 3. The van der Waals surface area contributed by atoms with Gasteiger partial charge in [0.25, 0.3) is 0 Å². The SMILES string of the molecule is O=C(CN1CCc2nc(NC(=O)NC3CCCC3)sc2C1)Nc1ccc(OC(F)(F)F)cc1. The van der Waals surface area contributed by atoms with Crippen LogP contribution in [0.2, 0.25) is 0 Å². The highest BCUT2D eigenvalue weighted by Crippen LogP contribution is 2.29. The zero-order valence-corrected chi connectivity index (χ0v) is 18.5. The van der Waals surface area contributed by atoms with Crippen molar-refractivity contribution in [1.29, 1.82) is 0 Å². The van der Waals surface area contributed by atoms with Crippen molar-refractivity contribution in [1.82, 2.24) is 15.2 Å². The molecule has 4 rings (SSSR count). The highest BCUT2D eigenvalue weighted by atomic mass is 32.1. The van der Waals surface area contributed by atoms with Gasteiger partial charge in [-0.3, -0.25) is 15.0 Å². The van der Waals surface area contributed by atoms with Gasteiger partial charge in [0.2, 0.25) is 5.91 Å². The van der Waals surface area contributed by atoms with E-state index < -0.39 is 6.36 Å². The smallest absolute Gasteiger partial charge is 0.406 e. The van der Waals surface area contributed by atoms with Crippen LogP contribution in [-0.4, -0.2) is 47.3 Å². The molecule has 0 spiro atoms. The van der Waals surface area contributed by atoms with Crippen LogP contribution in [-0.2, 0) is 17.8 Å². The number of nitrogens with zero attached hydrogens (tertiary/aromatic N) is 2. The number of thiazole rings is 1. The van der Waals surface area contributed by atoms with Gasteiger partial charge in [0.15, 0.2) is 5.13 Å². The summed E-state index contributed by atoms with van der Waals surface area (Å²) in [5.41, 5.74) is 1.30. The molecule has 3 N–H and O–H groups in total. The number of nitrogens with one attached hydrogen (secondary N) is 3. The van der Waals surface area contributed by atoms with E-state index in [-0.39, 0.29) is 30.3 Å². The number of ether oxygens (including phenoxy) is 1. The van der Waals surface area contributed by atoms with Crippen LogP contribution in [0, 0.1) is 0 Å². The molecule has 1 fully saturated rings. The standard InChI is InChI=1S/C21H24F3N5O3S/c22-21(23,24)32-15-7-5-14(6-8-15)25-18(30)12-29-10-9-16-17(11-29)33-20(27-16)28-19(31)26-13-3-1-2-4-13/h5-8,13H,1-4,9-12H2,(H,25,30)(H2,26,27,28,31). The van der Waals surface area contributed by atoms with E-state index >= 15 is 0 Å². The maximum Gasteiger partial charge on any atom is 0.573 e. The van der Waals surface area contributed by atoms with Crippen molar-refractivity contribution < 1.29 is 27.5 Å². The predicted octanol–water partition coefficient (Wildman–Crippen LogP) is 4.10. The van der Waals surface area contributed by atoms with Gasteiger partial charge in [0, 0.05) is 36.1 Å². The molecule has 178 valence electrons. The molecule has 12 heteroatoms.